The third-order valence-electron chi connectivity index (χ3n) is 6.01. The molecule has 1 aliphatic heterocycles. The zero-order chi connectivity index (χ0) is 25.5. The SMILES string of the molecule is NC(=O)Cc1cccc(-c2cc(COc3ccccc3CC(=O)O)cc(NCC3CCCO3)c2)c1F. The Hall–Kier alpha value is -3.91. The highest BCUT2D eigenvalue weighted by atomic mass is 19.1. The van der Waals surface area contributed by atoms with Crippen molar-refractivity contribution in [2.45, 2.75) is 38.4 Å². The lowest BCUT2D eigenvalue weighted by Gasteiger charge is -2.16. The fraction of sp³-hybridized carbons (Fsp3) is 0.286. The average Bonchev–Trinajstić information content (AvgIpc) is 3.37. The number of halogens is 1. The summed E-state index contributed by atoms with van der Waals surface area (Å²) in [7, 11) is 0. The number of carboxylic acids is 1. The van der Waals surface area contributed by atoms with E-state index in [1.165, 1.54) is 0 Å². The van der Waals surface area contributed by atoms with Crippen molar-refractivity contribution < 1.29 is 28.6 Å². The van der Waals surface area contributed by atoms with Gasteiger partial charge in [-0.05, 0) is 53.8 Å². The Kier molecular flexibility index (Phi) is 8.17. The molecule has 1 amide bonds. The molecular formula is C28H29FN2O5. The summed E-state index contributed by atoms with van der Waals surface area (Å²) >= 11 is 0. The minimum absolute atomic E-state index is 0.117. The van der Waals surface area contributed by atoms with E-state index in [0.29, 0.717) is 29.0 Å². The van der Waals surface area contributed by atoms with Crippen molar-refractivity contribution in [3.05, 3.63) is 83.2 Å². The molecule has 1 aliphatic rings. The molecule has 1 saturated heterocycles. The van der Waals surface area contributed by atoms with Crippen LogP contribution in [0.4, 0.5) is 10.1 Å². The van der Waals surface area contributed by atoms with Gasteiger partial charge >= 0.3 is 5.97 Å². The first kappa shape index (κ1) is 25.2. The maximum absolute atomic E-state index is 15.3. The van der Waals surface area contributed by atoms with Gasteiger partial charge in [-0.2, -0.15) is 0 Å². The molecule has 0 bridgehead atoms. The van der Waals surface area contributed by atoms with Crippen molar-refractivity contribution in [1.29, 1.82) is 0 Å². The van der Waals surface area contributed by atoms with Gasteiger partial charge in [0.2, 0.25) is 5.91 Å². The number of carboxylic acid groups (broad SMARTS) is 1. The Morgan fingerprint density at radius 2 is 1.89 bits per heavy atom. The molecule has 0 spiro atoms. The van der Waals surface area contributed by atoms with Crippen molar-refractivity contribution in [1.82, 2.24) is 0 Å². The van der Waals surface area contributed by atoms with Crippen molar-refractivity contribution in [3.8, 4) is 16.9 Å². The second-order valence-electron chi connectivity index (χ2n) is 8.82. The highest BCUT2D eigenvalue weighted by Crippen LogP contribution is 2.30. The highest BCUT2D eigenvalue weighted by Gasteiger charge is 2.17. The van der Waals surface area contributed by atoms with Gasteiger partial charge in [0.05, 0.1) is 18.9 Å². The minimum atomic E-state index is -0.944. The molecule has 36 heavy (non-hydrogen) atoms. The number of anilines is 1. The van der Waals surface area contributed by atoms with Crippen molar-refractivity contribution in [2.75, 3.05) is 18.5 Å². The lowest BCUT2D eigenvalue weighted by atomic mass is 9.98. The van der Waals surface area contributed by atoms with E-state index in [0.717, 1.165) is 30.7 Å². The maximum atomic E-state index is 15.3. The van der Waals surface area contributed by atoms with Gasteiger partial charge in [-0.1, -0.05) is 36.4 Å². The lowest BCUT2D eigenvalue weighted by molar-refractivity contribution is -0.136. The molecule has 1 fully saturated rings. The summed E-state index contributed by atoms with van der Waals surface area (Å²) in [6.45, 7) is 1.52. The van der Waals surface area contributed by atoms with Gasteiger partial charge < -0.3 is 25.6 Å². The van der Waals surface area contributed by atoms with Crippen LogP contribution in [0.3, 0.4) is 0 Å². The number of hydrogen-bond acceptors (Lipinski definition) is 5. The molecule has 0 saturated carbocycles. The molecule has 1 atom stereocenters. The number of benzene rings is 3. The topological polar surface area (TPSA) is 111 Å². The van der Waals surface area contributed by atoms with Crippen LogP contribution >= 0.6 is 0 Å². The van der Waals surface area contributed by atoms with Crippen LogP contribution in [0.2, 0.25) is 0 Å². The van der Waals surface area contributed by atoms with Gasteiger partial charge in [0.15, 0.2) is 0 Å². The molecule has 0 aliphatic carbocycles. The fourth-order valence-electron chi connectivity index (χ4n) is 4.31. The Bertz CT molecular complexity index is 1240. The molecule has 0 aromatic heterocycles. The molecule has 4 N–H and O–H groups in total. The summed E-state index contributed by atoms with van der Waals surface area (Å²) in [4.78, 5) is 22.6. The van der Waals surface area contributed by atoms with E-state index in [-0.39, 0.29) is 31.1 Å². The van der Waals surface area contributed by atoms with Crippen LogP contribution in [0.5, 0.6) is 5.75 Å². The van der Waals surface area contributed by atoms with Crippen molar-refractivity contribution in [3.63, 3.8) is 0 Å². The highest BCUT2D eigenvalue weighted by molar-refractivity contribution is 5.78. The summed E-state index contributed by atoms with van der Waals surface area (Å²) in [5.74, 6) is -1.56. The van der Waals surface area contributed by atoms with Gasteiger partial charge in [0.1, 0.15) is 18.2 Å². The monoisotopic (exact) mass is 492 g/mol. The average molecular weight is 493 g/mol. The normalized spacial score (nSPS) is 15.0. The number of carbonyl (C=O) groups is 2. The van der Waals surface area contributed by atoms with E-state index >= 15 is 4.39 Å². The molecule has 4 rings (SSSR count). The Morgan fingerprint density at radius 3 is 2.64 bits per heavy atom. The Morgan fingerprint density at radius 1 is 1.08 bits per heavy atom. The Labute approximate surface area is 209 Å². The van der Waals surface area contributed by atoms with Crippen molar-refractivity contribution >= 4 is 17.6 Å². The molecule has 188 valence electrons. The van der Waals surface area contributed by atoms with Crippen LogP contribution in [0, 0.1) is 5.82 Å². The minimum Gasteiger partial charge on any atom is -0.489 e. The molecule has 1 unspecified atom stereocenters. The first-order valence-electron chi connectivity index (χ1n) is 11.9. The van der Waals surface area contributed by atoms with Crippen LogP contribution in [-0.4, -0.2) is 36.2 Å². The summed E-state index contributed by atoms with van der Waals surface area (Å²) in [6.07, 6.45) is 1.79. The first-order valence-corrected chi connectivity index (χ1v) is 11.9. The number of para-hydroxylation sites is 1. The van der Waals surface area contributed by atoms with Crippen molar-refractivity contribution in [2.24, 2.45) is 5.73 Å². The number of primary amides is 1. The quantitative estimate of drug-likeness (QED) is 0.368. The molecule has 1 heterocycles. The summed E-state index contributed by atoms with van der Waals surface area (Å²) < 4.78 is 27.0. The Balaban J connectivity index is 1.63. The number of nitrogens with two attached hydrogens (primary N) is 1. The lowest BCUT2D eigenvalue weighted by Crippen LogP contribution is -2.18. The molecular weight excluding hydrogens is 463 g/mol. The van der Waals surface area contributed by atoms with E-state index in [1.807, 2.05) is 18.2 Å². The predicted molar refractivity (Wildman–Crippen MR) is 134 cm³/mol. The number of carbonyl (C=O) groups excluding carboxylic acids is 1. The maximum Gasteiger partial charge on any atom is 0.307 e. The van der Waals surface area contributed by atoms with Crippen LogP contribution in [-0.2, 0) is 33.8 Å². The summed E-state index contributed by atoms with van der Waals surface area (Å²) in [6, 6.07) is 17.5. The van der Waals surface area contributed by atoms with Gasteiger partial charge in [0, 0.05) is 30.0 Å². The zero-order valence-electron chi connectivity index (χ0n) is 19.8. The molecule has 3 aromatic carbocycles. The standard InChI is InChI=1S/C28H29FN2O5/c29-28-20(14-26(30)32)6-3-8-24(28)21-11-18(12-22(13-21)31-16-23-7-4-10-35-23)17-36-25-9-2-1-5-19(25)15-27(33)34/h1-3,5-6,8-9,11-13,23,31H,4,7,10,14-17H2,(H2,30,32)(H,33,34). The van der Waals surface area contributed by atoms with Crippen LogP contribution < -0.4 is 15.8 Å². The van der Waals surface area contributed by atoms with E-state index in [9.17, 15) is 14.7 Å². The zero-order valence-corrected chi connectivity index (χ0v) is 19.8. The third-order valence-corrected chi connectivity index (χ3v) is 6.01. The molecule has 0 radical (unpaired) electrons. The number of aliphatic carboxylic acids is 1. The number of nitrogens with one attached hydrogen (secondary N) is 1. The summed E-state index contributed by atoms with van der Waals surface area (Å²) in [5, 5.41) is 12.6. The molecule has 8 heteroatoms. The first-order chi connectivity index (χ1) is 17.4. The third kappa shape index (κ3) is 6.60. The van der Waals surface area contributed by atoms with Gasteiger partial charge in [-0.15, -0.1) is 0 Å². The smallest absolute Gasteiger partial charge is 0.307 e. The van der Waals surface area contributed by atoms with E-state index in [4.69, 9.17) is 15.2 Å². The second-order valence-corrected chi connectivity index (χ2v) is 8.82. The molecule has 7 nitrogen and oxygen atoms in total. The van der Waals surface area contributed by atoms with Gasteiger partial charge in [-0.25, -0.2) is 4.39 Å². The molecule has 3 aromatic rings. The van der Waals surface area contributed by atoms with Crippen LogP contribution in [0.1, 0.15) is 29.5 Å². The van der Waals surface area contributed by atoms with E-state index in [1.54, 1.807) is 42.5 Å². The van der Waals surface area contributed by atoms with Gasteiger partial charge in [0.25, 0.3) is 0 Å². The van der Waals surface area contributed by atoms with Gasteiger partial charge in [-0.3, -0.25) is 9.59 Å². The van der Waals surface area contributed by atoms with Crippen LogP contribution in [0.15, 0.2) is 60.7 Å². The number of ether oxygens (including phenoxy) is 2. The van der Waals surface area contributed by atoms with E-state index in [2.05, 4.69) is 5.32 Å². The summed E-state index contributed by atoms with van der Waals surface area (Å²) in [5.41, 5.74) is 8.61. The largest absolute Gasteiger partial charge is 0.489 e. The second kappa shape index (κ2) is 11.7. The number of hydrogen-bond donors (Lipinski definition) is 3. The fourth-order valence-corrected chi connectivity index (χ4v) is 4.31. The number of amides is 1. The van der Waals surface area contributed by atoms with Crippen LogP contribution in [0.25, 0.3) is 11.1 Å². The predicted octanol–water partition coefficient (Wildman–Crippen LogP) is 4.32. The van der Waals surface area contributed by atoms with E-state index < -0.39 is 17.7 Å². The number of rotatable bonds is 11.